The molecule has 0 saturated heterocycles. The summed E-state index contributed by atoms with van der Waals surface area (Å²) >= 11 is 0. The molecule has 0 atom stereocenters. The molecule has 10 rings (SSSR count). The minimum absolute atomic E-state index is 0.202. The Labute approximate surface area is 340 Å². The van der Waals surface area contributed by atoms with Crippen molar-refractivity contribution in [3.63, 3.8) is 0 Å². The zero-order chi connectivity index (χ0) is 40.5. The fraction of sp³-hybridized carbons (Fsp3) is 0.222. The van der Waals surface area contributed by atoms with Crippen molar-refractivity contribution < 1.29 is 8.78 Å². The van der Waals surface area contributed by atoms with Gasteiger partial charge < -0.3 is 9.80 Å². The molecule has 0 spiro atoms. The van der Waals surface area contributed by atoms with Crippen LogP contribution in [0, 0.1) is 11.6 Å². The van der Waals surface area contributed by atoms with Gasteiger partial charge in [0.05, 0.1) is 0 Å². The highest BCUT2D eigenvalue weighted by molar-refractivity contribution is 6.26. The Kier molecular flexibility index (Phi) is 7.68. The Bertz CT molecular complexity index is 2690. The molecule has 0 fully saturated rings. The molecule has 0 saturated carbocycles. The molecule has 2 heterocycles. The van der Waals surface area contributed by atoms with Gasteiger partial charge >= 0.3 is 0 Å². The van der Waals surface area contributed by atoms with Crippen molar-refractivity contribution in [3.8, 4) is 0 Å². The number of anilines is 6. The van der Waals surface area contributed by atoms with Crippen LogP contribution in [0.3, 0.4) is 0 Å². The van der Waals surface area contributed by atoms with Crippen LogP contribution in [-0.2, 0) is 21.7 Å². The van der Waals surface area contributed by atoms with Crippen molar-refractivity contribution in [2.45, 2.75) is 77.0 Å². The van der Waals surface area contributed by atoms with E-state index in [9.17, 15) is 0 Å². The lowest BCUT2D eigenvalue weighted by Crippen LogP contribution is -2.39. The first-order chi connectivity index (χ1) is 27.6. The number of para-hydroxylation sites is 4. The van der Waals surface area contributed by atoms with Crippen LogP contribution in [0.1, 0.15) is 77.6 Å². The van der Waals surface area contributed by atoms with Crippen LogP contribution >= 0.6 is 0 Å². The van der Waals surface area contributed by atoms with Gasteiger partial charge in [-0.2, -0.15) is 0 Å². The van der Waals surface area contributed by atoms with Gasteiger partial charge in [-0.15, -0.1) is 0 Å². The standard InChI is InChI=1S/C54H48F2N2/c1-51(2)41-17-9-13-21-47(41)57(48-22-14-10-18-42(48)52(51,3)4)33-25-27-35-36-28-26-34(30-38(36)40-32-46(56)45(55)31-39(40)37(35)29-33)58-49-23-15-11-19-43(49)53(5,6)54(7,8)44-20-12-16-24-50(44)58/h9-32H,1-8H3. The Morgan fingerprint density at radius 2 is 0.569 bits per heavy atom. The Morgan fingerprint density at radius 1 is 0.310 bits per heavy atom. The first-order valence-electron chi connectivity index (χ1n) is 20.4. The summed E-state index contributed by atoms with van der Waals surface area (Å²) in [5, 5.41) is 5.07. The van der Waals surface area contributed by atoms with E-state index in [0.717, 1.165) is 55.7 Å². The lowest BCUT2D eigenvalue weighted by molar-refractivity contribution is 0.307. The van der Waals surface area contributed by atoms with E-state index in [-0.39, 0.29) is 21.7 Å². The Morgan fingerprint density at radius 3 is 0.862 bits per heavy atom. The van der Waals surface area contributed by atoms with Gasteiger partial charge in [0.25, 0.3) is 0 Å². The Balaban J connectivity index is 1.25. The number of hydrogen-bond donors (Lipinski definition) is 0. The molecule has 0 aromatic heterocycles. The number of rotatable bonds is 2. The lowest BCUT2D eigenvalue weighted by Gasteiger charge is -2.42. The number of fused-ring (bicyclic) bond motifs is 10. The zero-order valence-electron chi connectivity index (χ0n) is 34.5. The monoisotopic (exact) mass is 762 g/mol. The van der Waals surface area contributed by atoms with E-state index in [2.05, 4.69) is 199 Å². The summed E-state index contributed by atoms with van der Waals surface area (Å²) in [6.45, 7) is 18.7. The number of nitrogens with zero attached hydrogens (tertiary/aromatic N) is 2. The van der Waals surface area contributed by atoms with Crippen molar-refractivity contribution in [2.75, 3.05) is 9.80 Å². The molecular formula is C54H48F2N2. The minimum Gasteiger partial charge on any atom is -0.310 e. The van der Waals surface area contributed by atoms with E-state index in [1.54, 1.807) is 0 Å². The summed E-state index contributed by atoms with van der Waals surface area (Å²) in [5.41, 5.74) is 10.6. The predicted molar refractivity (Wildman–Crippen MR) is 240 cm³/mol. The number of benzene rings is 8. The van der Waals surface area contributed by atoms with E-state index < -0.39 is 11.6 Å². The molecule has 0 bridgehead atoms. The van der Waals surface area contributed by atoms with Crippen LogP contribution in [0.15, 0.2) is 146 Å². The average Bonchev–Trinajstić information content (AvgIpc) is 3.31. The van der Waals surface area contributed by atoms with E-state index in [1.807, 2.05) is 0 Å². The lowest BCUT2D eigenvalue weighted by atomic mass is 9.61. The van der Waals surface area contributed by atoms with Crippen molar-refractivity contribution >= 4 is 66.4 Å². The van der Waals surface area contributed by atoms with Gasteiger partial charge in [-0.3, -0.25) is 0 Å². The molecule has 2 aliphatic heterocycles. The summed E-state index contributed by atoms with van der Waals surface area (Å²) < 4.78 is 31.1. The van der Waals surface area contributed by atoms with Crippen LogP contribution in [0.5, 0.6) is 0 Å². The summed E-state index contributed by atoms with van der Waals surface area (Å²) in [5.74, 6) is -1.72. The van der Waals surface area contributed by atoms with Crippen molar-refractivity contribution in [1.82, 2.24) is 0 Å². The predicted octanol–water partition coefficient (Wildman–Crippen LogP) is 15.5. The smallest absolute Gasteiger partial charge is 0.159 e. The van der Waals surface area contributed by atoms with Crippen LogP contribution < -0.4 is 9.80 Å². The second-order valence-corrected chi connectivity index (χ2v) is 18.5. The molecule has 4 heteroatoms. The van der Waals surface area contributed by atoms with Crippen molar-refractivity contribution in [1.29, 1.82) is 0 Å². The average molecular weight is 763 g/mol. The molecule has 0 N–H and O–H groups in total. The Hall–Kier alpha value is -6.00. The highest BCUT2D eigenvalue weighted by atomic mass is 19.2. The molecule has 0 radical (unpaired) electrons. The minimum atomic E-state index is -0.858. The third-order valence-corrected chi connectivity index (χ3v) is 14.9. The highest BCUT2D eigenvalue weighted by Crippen LogP contribution is 2.57. The molecule has 8 aromatic carbocycles. The fourth-order valence-electron chi connectivity index (χ4n) is 10.2. The molecule has 8 aromatic rings. The van der Waals surface area contributed by atoms with Crippen molar-refractivity contribution in [3.05, 3.63) is 179 Å². The second-order valence-electron chi connectivity index (χ2n) is 18.5. The zero-order valence-corrected chi connectivity index (χ0v) is 34.5. The third kappa shape index (κ3) is 4.81. The first-order valence-corrected chi connectivity index (χ1v) is 20.4. The van der Waals surface area contributed by atoms with Gasteiger partial charge in [-0.25, -0.2) is 8.78 Å². The molecule has 288 valence electrons. The molecule has 0 amide bonds. The molecule has 2 nitrogen and oxygen atoms in total. The normalized spacial score (nSPS) is 17.3. The quantitative estimate of drug-likeness (QED) is 0.162. The molecule has 58 heavy (non-hydrogen) atoms. The van der Waals surface area contributed by atoms with E-state index in [0.29, 0.717) is 10.8 Å². The van der Waals surface area contributed by atoms with Crippen LogP contribution in [0.4, 0.5) is 42.9 Å². The van der Waals surface area contributed by atoms with Crippen LogP contribution in [0.25, 0.3) is 32.3 Å². The molecule has 2 aliphatic rings. The largest absolute Gasteiger partial charge is 0.310 e. The summed E-state index contributed by atoms with van der Waals surface area (Å²) in [7, 11) is 0. The van der Waals surface area contributed by atoms with E-state index in [4.69, 9.17) is 0 Å². The molecular weight excluding hydrogens is 715 g/mol. The van der Waals surface area contributed by atoms with Gasteiger partial charge in [0.1, 0.15) is 0 Å². The maximum Gasteiger partial charge on any atom is 0.159 e. The first kappa shape index (κ1) is 36.3. The summed E-state index contributed by atoms with van der Waals surface area (Å²) in [6, 6.07) is 50.6. The number of hydrogen-bond acceptors (Lipinski definition) is 2. The van der Waals surface area contributed by atoms with Crippen molar-refractivity contribution in [2.24, 2.45) is 0 Å². The molecule has 0 unspecified atom stereocenters. The second kappa shape index (κ2) is 12.3. The van der Waals surface area contributed by atoms with Gasteiger partial charge in [0.15, 0.2) is 11.6 Å². The third-order valence-electron chi connectivity index (χ3n) is 14.9. The SMILES string of the molecule is CC1(C)c2ccccc2N(c2ccc3c4ccc(N5c6ccccc6C(C)(C)C(C)(C)c6ccccc65)cc4c4cc(F)c(F)cc4c3c2)c2ccccc2C1(C)C. The van der Waals surface area contributed by atoms with Gasteiger partial charge in [0.2, 0.25) is 0 Å². The van der Waals surface area contributed by atoms with Crippen LogP contribution in [-0.4, -0.2) is 0 Å². The van der Waals surface area contributed by atoms with E-state index >= 15 is 8.78 Å². The maximum atomic E-state index is 15.5. The van der Waals surface area contributed by atoms with Gasteiger partial charge in [-0.05, 0) is 115 Å². The molecule has 0 aliphatic carbocycles. The summed E-state index contributed by atoms with van der Waals surface area (Å²) in [6.07, 6.45) is 0. The highest BCUT2D eigenvalue weighted by Gasteiger charge is 2.47. The maximum absolute atomic E-state index is 15.5. The summed E-state index contributed by atoms with van der Waals surface area (Å²) in [4.78, 5) is 4.72. The van der Waals surface area contributed by atoms with Crippen LogP contribution in [0.2, 0.25) is 0 Å². The van der Waals surface area contributed by atoms with Gasteiger partial charge in [0, 0.05) is 55.8 Å². The van der Waals surface area contributed by atoms with Gasteiger partial charge in [-0.1, -0.05) is 140 Å². The van der Waals surface area contributed by atoms with E-state index in [1.165, 1.54) is 34.4 Å². The number of halogens is 2. The topological polar surface area (TPSA) is 6.48 Å². The fourth-order valence-corrected chi connectivity index (χ4v) is 10.2.